The zero-order valence-corrected chi connectivity index (χ0v) is 20.4. The quantitative estimate of drug-likeness (QED) is 0.255. The highest BCUT2D eigenvalue weighted by Gasteiger charge is 2.45. The summed E-state index contributed by atoms with van der Waals surface area (Å²) in [6.07, 6.45) is -3.83. The average molecular weight is 541 g/mol. The van der Waals surface area contributed by atoms with Gasteiger partial charge in [0.25, 0.3) is 5.91 Å². The van der Waals surface area contributed by atoms with Crippen molar-refractivity contribution in [2.24, 2.45) is 5.92 Å². The summed E-state index contributed by atoms with van der Waals surface area (Å²) in [5.41, 5.74) is -3.14. The zero-order valence-electron chi connectivity index (χ0n) is 20.4. The molecule has 2 N–H and O–H groups in total. The third kappa shape index (κ3) is 6.96. The van der Waals surface area contributed by atoms with Crippen LogP contribution in [-0.4, -0.2) is 23.6 Å². The topological polar surface area (TPSA) is 75.6 Å². The maximum Gasteiger partial charge on any atom is 0.418 e. The van der Waals surface area contributed by atoms with Crippen LogP contribution in [0.4, 0.5) is 32.0 Å². The number of amides is 1. The largest absolute Gasteiger partial charge is 0.493 e. The van der Waals surface area contributed by atoms with E-state index < -0.39 is 58.4 Å². The predicted octanol–water partition coefficient (Wildman–Crippen LogP) is 7.46. The second-order valence-electron chi connectivity index (χ2n) is 8.71. The SMILES string of the molecule is C/C=C\C(=C/C)CCOc1ccc(C(=O)Nc2cc([C@H]3C[C@H]3C(=O)O)ccc2C(F)(F)F)c(C(F)(F)F)c1. The van der Waals surface area contributed by atoms with Crippen LogP contribution in [0, 0.1) is 5.92 Å². The molecule has 0 aliphatic heterocycles. The summed E-state index contributed by atoms with van der Waals surface area (Å²) in [7, 11) is 0. The normalized spacial score (nSPS) is 17.9. The van der Waals surface area contributed by atoms with Crippen LogP contribution in [0.2, 0.25) is 0 Å². The number of allylic oxidation sites excluding steroid dienone is 3. The molecule has 1 aliphatic rings. The van der Waals surface area contributed by atoms with Crippen LogP contribution in [0.3, 0.4) is 0 Å². The van der Waals surface area contributed by atoms with Gasteiger partial charge >= 0.3 is 18.3 Å². The van der Waals surface area contributed by atoms with E-state index in [-0.39, 0.29) is 24.3 Å². The first kappa shape index (κ1) is 28.8. The molecule has 0 spiro atoms. The van der Waals surface area contributed by atoms with E-state index in [1.807, 2.05) is 24.4 Å². The molecule has 2 aromatic carbocycles. The molecule has 1 saturated carbocycles. The van der Waals surface area contributed by atoms with Gasteiger partial charge in [-0.25, -0.2) is 0 Å². The number of nitrogens with one attached hydrogen (secondary N) is 1. The minimum atomic E-state index is -5.00. The Bertz CT molecular complexity index is 1260. The van der Waals surface area contributed by atoms with Gasteiger partial charge in [0, 0.05) is 6.42 Å². The number of benzene rings is 2. The Morgan fingerprint density at radius 2 is 1.71 bits per heavy atom. The lowest BCUT2D eigenvalue weighted by molar-refractivity contribution is -0.139. The lowest BCUT2D eigenvalue weighted by Gasteiger charge is -2.18. The molecule has 0 radical (unpaired) electrons. The van der Waals surface area contributed by atoms with Crippen molar-refractivity contribution in [3.63, 3.8) is 0 Å². The number of carbonyl (C=O) groups is 2. The molecular weight excluding hydrogens is 516 g/mol. The van der Waals surface area contributed by atoms with Gasteiger partial charge in [0.05, 0.1) is 34.9 Å². The van der Waals surface area contributed by atoms with E-state index in [1.165, 1.54) is 0 Å². The number of carboxylic acids is 1. The van der Waals surface area contributed by atoms with E-state index in [2.05, 4.69) is 0 Å². The number of carbonyl (C=O) groups excluding carboxylic acids is 1. The Balaban J connectivity index is 1.88. The van der Waals surface area contributed by atoms with Crippen molar-refractivity contribution in [1.82, 2.24) is 0 Å². The summed E-state index contributed by atoms with van der Waals surface area (Å²) in [4.78, 5) is 24.0. The van der Waals surface area contributed by atoms with Crippen LogP contribution in [-0.2, 0) is 17.1 Å². The van der Waals surface area contributed by atoms with Gasteiger partial charge in [-0.3, -0.25) is 9.59 Å². The summed E-state index contributed by atoms with van der Waals surface area (Å²) < 4.78 is 87.6. The molecule has 0 saturated heterocycles. The molecule has 2 atom stereocenters. The highest BCUT2D eigenvalue weighted by Crippen LogP contribution is 2.49. The third-order valence-electron chi connectivity index (χ3n) is 6.09. The van der Waals surface area contributed by atoms with E-state index in [9.17, 15) is 35.9 Å². The highest BCUT2D eigenvalue weighted by atomic mass is 19.4. The molecule has 11 heteroatoms. The second-order valence-corrected chi connectivity index (χ2v) is 8.71. The van der Waals surface area contributed by atoms with Crippen molar-refractivity contribution in [3.8, 4) is 5.75 Å². The average Bonchev–Trinajstić information content (AvgIpc) is 3.63. The first-order valence-corrected chi connectivity index (χ1v) is 11.6. The van der Waals surface area contributed by atoms with Crippen LogP contribution in [0.5, 0.6) is 5.75 Å². The zero-order chi connectivity index (χ0) is 28.3. The molecule has 2 aromatic rings. The van der Waals surface area contributed by atoms with Gasteiger partial charge in [-0.2, -0.15) is 26.3 Å². The Morgan fingerprint density at radius 3 is 2.26 bits per heavy atom. The number of hydrogen-bond acceptors (Lipinski definition) is 3. The number of ether oxygens (including phenoxy) is 1. The van der Waals surface area contributed by atoms with Crippen LogP contribution < -0.4 is 10.1 Å². The first-order valence-electron chi connectivity index (χ1n) is 11.6. The van der Waals surface area contributed by atoms with Gasteiger partial charge in [-0.15, -0.1) is 0 Å². The van der Waals surface area contributed by atoms with Crippen LogP contribution >= 0.6 is 0 Å². The minimum Gasteiger partial charge on any atom is -0.493 e. The number of alkyl halides is 6. The van der Waals surface area contributed by atoms with Crippen molar-refractivity contribution < 1.29 is 45.8 Å². The van der Waals surface area contributed by atoms with Gasteiger partial charge in [-0.1, -0.05) is 24.3 Å². The van der Waals surface area contributed by atoms with E-state index >= 15 is 0 Å². The maximum absolute atomic E-state index is 13.8. The fourth-order valence-corrected chi connectivity index (χ4v) is 4.04. The Hall–Kier alpha value is -3.76. The number of halogens is 6. The molecule has 0 bridgehead atoms. The lowest BCUT2D eigenvalue weighted by Crippen LogP contribution is -2.21. The van der Waals surface area contributed by atoms with Crippen LogP contribution in [0.15, 0.2) is 60.2 Å². The number of anilines is 1. The standard InChI is InChI=1S/C27H25F6NO4/c1-3-5-15(4-2)10-11-38-17-7-8-18(22(13-17)27(31,32)33)24(35)34-23-12-16(19-14-20(19)25(36)37)6-9-21(23)26(28,29)30/h3-9,12-13,19-20H,10-11,14H2,1-2H3,(H,34,35)(H,36,37)/b5-3-,15-4+/t19-,20-/m1/s1. The number of hydrogen-bond donors (Lipinski definition) is 2. The number of rotatable bonds is 9. The predicted molar refractivity (Wildman–Crippen MR) is 128 cm³/mol. The monoisotopic (exact) mass is 541 g/mol. The smallest absolute Gasteiger partial charge is 0.418 e. The van der Waals surface area contributed by atoms with Crippen LogP contribution in [0.1, 0.15) is 59.7 Å². The molecule has 1 aliphatic carbocycles. The van der Waals surface area contributed by atoms with Gasteiger partial charge in [0.2, 0.25) is 0 Å². The molecule has 38 heavy (non-hydrogen) atoms. The van der Waals surface area contributed by atoms with Crippen molar-refractivity contribution in [2.75, 3.05) is 11.9 Å². The van der Waals surface area contributed by atoms with Crippen molar-refractivity contribution in [2.45, 2.75) is 45.0 Å². The molecule has 0 heterocycles. The van der Waals surface area contributed by atoms with Gasteiger partial charge in [0.1, 0.15) is 5.75 Å². The Kier molecular flexibility index (Phi) is 8.58. The molecule has 3 rings (SSSR count). The third-order valence-corrected chi connectivity index (χ3v) is 6.09. The van der Waals surface area contributed by atoms with Gasteiger partial charge in [0.15, 0.2) is 0 Å². The maximum atomic E-state index is 13.8. The van der Waals surface area contributed by atoms with Crippen molar-refractivity contribution in [3.05, 3.63) is 82.5 Å². The van der Waals surface area contributed by atoms with Gasteiger partial charge in [-0.05, 0) is 67.7 Å². The molecule has 5 nitrogen and oxygen atoms in total. The minimum absolute atomic E-state index is 0.0626. The van der Waals surface area contributed by atoms with E-state index in [1.54, 1.807) is 13.0 Å². The van der Waals surface area contributed by atoms with E-state index in [0.717, 1.165) is 29.8 Å². The summed E-state index contributed by atoms with van der Waals surface area (Å²) in [6.45, 7) is 3.68. The lowest BCUT2D eigenvalue weighted by atomic mass is 10.0. The molecule has 1 fully saturated rings. The first-order chi connectivity index (χ1) is 17.8. The molecule has 0 aromatic heterocycles. The van der Waals surface area contributed by atoms with Crippen molar-refractivity contribution >= 4 is 17.6 Å². The molecule has 1 amide bonds. The number of carboxylic acid groups (broad SMARTS) is 1. The molecular formula is C27H25F6NO4. The van der Waals surface area contributed by atoms with Crippen LogP contribution in [0.25, 0.3) is 0 Å². The molecule has 0 unspecified atom stereocenters. The van der Waals surface area contributed by atoms with E-state index in [0.29, 0.717) is 18.6 Å². The Morgan fingerprint density at radius 1 is 1.03 bits per heavy atom. The fourth-order valence-electron chi connectivity index (χ4n) is 4.04. The van der Waals surface area contributed by atoms with Crippen molar-refractivity contribution in [1.29, 1.82) is 0 Å². The number of aliphatic carboxylic acids is 1. The Labute approximate surface area is 214 Å². The highest BCUT2D eigenvalue weighted by molar-refractivity contribution is 6.06. The van der Waals surface area contributed by atoms with Gasteiger partial charge < -0.3 is 15.2 Å². The summed E-state index contributed by atoms with van der Waals surface area (Å²) in [5.74, 6) is -4.00. The second kappa shape index (κ2) is 11.3. The molecule has 204 valence electrons. The fraction of sp³-hybridized carbons (Fsp3) is 0.333. The summed E-state index contributed by atoms with van der Waals surface area (Å²) >= 11 is 0. The summed E-state index contributed by atoms with van der Waals surface area (Å²) in [5, 5.41) is 11.1. The summed E-state index contributed by atoms with van der Waals surface area (Å²) in [6, 6.07) is 5.35. The van der Waals surface area contributed by atoms with E-state index in [4.69, 9.17) is 9.84 Å².